The molecular formula is C12H17N3O4S. The van der Waals surface area contributed by atoms with Crippen molar-refractivity contribution >= 4 is 21.4 Å². The van der Waals surface area contributed by atoms with Gasteiger partial charge in [-0.15, -0.1) is 0 Å². The summed E-state index contributed by atoms with van der Waals surface area (Å²) in [5.74, 6) is 0.487. The Morgan fingerprint density at radius 3 is 2.50 bits per heavy atom. The van der Waals surface area contributed by atoms with Crippen LogP contribution in [0.25, 0.3) is 0 Å². The Bertz CT molecular complexity index is 624. The number of para-hydroxylation sites is 1. The molecule has 20 heavy (non-hydrogen) atoms. The van der Waals surface area contributed by atoms with Gasteiger partial charge in [0.15, 0.2) is 4.90 Å². The molecular weight excluding hydrogens is 282 g/mol. The van der Waals surface area contributed by atoms with Gasteiger partial charge in [0.1, 0.15) is 5.69 Å². The Kier molecular flexibility index (Phi) is 3.96. The highest BCUT2D eigenvalue weighted by Gasteiger charge is 2.34. The minimum Gasteiger partial charge on any atom is -0.383 e. The molecule has 1 saturated carbocycles. The van der Waals surface area contributed by atoms with E-state index >= 15 is 0 Å². The van der Waals surface area contributed by atoms with E-state index in [0.717, 1.165) is 12.8 Å². The van der Waals surface area contributed by atoms with E-state index in [9.17, 15) is 18.5 Å². The van der Waals surface area contributed by atoms with Gasteiger partial charge < -0.3 is 5.32 Å². The zero-order valence-electron chi connectivity index (χ0n) is 11.3. The fourth-order valence-corrected chi connectivity index (χ4v) is 3.87. The second-order valence-corrected chi connectivity index (χ2v) is 6.74. The van der Waals surface area contributed by atoms with E-state index in [-0.39, 0.29) is 16.6 Å². The Labute approximate surface area is 117 Å². The minimum absolute atomic E-state index is 0.132. The lowest BCUT2D eigenvalue weighted by Crippen LogP contribution is -2.43. The van der Waals surface area contributed by atoms with Gasteiger partial charge >= 0.3 is 5.69 Å². The number of nitro groups is 1. The summed E-state index contributed by atoms with van der Waals surface area (Å²) >= 11 is 0. The maximum absolute atomic E-state index is 12.3. The number of rotatable bonds is 5. The van der Waals surface area contributed by atoms with Crippen LogP contribution in [-0.2, 0) is 10.0 Å². The first-order valence-corrected chi connectivity index (χ1v) is 7.81. The van der Waals surface area contributed by atoms with Crippen LogP contribution in [0.4, 0.5) is 11.4 Å². The van der Waals surface area contributed by atoms with Crippen molar-refractivity contribution < 1.29 is 13.3 Å². The van der Waals surface area contributed by atoms with E-state index in [1.54, 1.807) is 0 Å². The van der Waals surface area contributed by atoms with E-state index in [2.05, 4.69) is 10.0 Å². The summed E-state index contributed by atoms with van der Waals surface area (Å²) in [5, 5.41) is 13.8. The summed E-state index contributed by atoms with van der Waals surface area (Å²) < 4.78 is 27.1. The Balaban J connectivity index is 2.38. The van der Waals surface area contributed by atoms with E-state index in [1.807, 2.05) is 6.92 Å². The number of nitrogens with zero attached hydrogens (tertiary/aromatic N) is 1. The fraction of sp³-hybridized carbons (Fsp3) is 0.500. The van der Waals surface area contributed by atoms with Gasteiger partial charge in [-0.3, -0.25) is 10.1 Å². The summed E-state index contributed by atoms with van der Waals surface area (Å²) in [6.45, 7) is 2.04. The molecule has 0 atom stereocenters. The summed E-state index contributed by atoms with van der Waals surface area (Å²) in [4.78, 5) is 10.2. The van der Waals surface area contributed by atoms with Gasteiger partial charge in [0, 0.05) is 13.1 Å². The molecule has 110 valence electrons. The van der Waals surface area contributed by atoms with Gasteiger partial charge in [0.2, 0.25) is 10.0 Å². The van der Waals surface area contributed by atoms with E-state index < -0.39 is 20.6 Å². The van der Waals surface area contributed by atoms with E-state index in [1.165, 1.54) is 25.2 Å². The third-order valence-corrected chi connectivity index (χ3v) is 4.99. The van der Waals surface area contributed by atoms with Gasteiger partial charge in [-0.25, -0.2) is 13.1 Å². The first-order valence-electron chi connectivity index (χ1n) is 6.32. The number of nitro benzene ring substituents is 1. The van der Waals surface area contributed by atoms with Gasteiger partial charge in [-0.05, 0) is 30.9 Å². The van der Waals surface area contributed by atoms with Crippen molar-refractivity contribution in [2.24, 2.45) is 5.92 Å². The number of anilines is 1. The molecule has 1 fully saturated rings. The predicted molar refractivity (Wildman–Crippen MR) is 75.2 cm³/mol. The third kappa shape index (κ3) is 2.75. The highest BCUT2D eigenvalue weighted by molar-refractivity contribution is 7.89. The molecule has 2 N–H and O–H groups in total. The molecule has 0 spiro atoms. The van der Waals surface area contributed by atoms with Crippen LogP contribution in [-0.4, -0.2) is 26.4 Å². The minimum atomic E-state index is -3.88. The lowest BCUT2D eigenvalue weighted by molar-refractivity contribution is -0.386. The largest absolute Gasteiger partial charge is 0.383 e. The van der Waals surface area contributed by atoms with Crippen LogP contribution < -0.4 is 10.0 Å². The maximum Gasteiger partial charge on any atom is 0.312 e. The van der Waals surface area contributed by atoms with Crippen molar-refractivity contribution in [2.75, 3.05) is 12.4 Å². The summed E-state index contributed by atoms with van der Waals surface area (Å²) in [5.41, 5.74) is -0.241. The van der Waals surface area contributed by atoms with Gasteiger partial charge in [0.25, 0.3) is 0 Å². The molecule has 1 aromatic carbocycles. The lowest BCUT2D eigenvalue weighted by Gasteiger charge is -2.32. The number of hydrogen-bond donors (Lipinski definition) is 2. The second kappa shape index (κ2) is 5.37. The summed E-state index contributed by atoms with van der Waals surface area (Å²) in [7, 11) is -2.37. The number of sulfonamides is 1. The standard InChI is InChI=1S/C12H17N3O4S/c1-8-6-9(7-8)14-20(18,19)11-5-3-4-10(13-2)12(11)15(16)17/h3-5,8-9,13-14H,6-7H2,1-2H3. The van der Waals surface area contributed by atoms with Crippen molar-refractivity contribution in [3.63, 3.8) is 0 Å². The topological polar surface area (TPSA) is 101 Å². The molecule has 8 heteroatoms. The fourth-order valence-electron chi connectivity index (χ4n) is 2.41. The molecule has 7 nitrogen and oxygen atoms in total. The molecule has 0 saturated heterocycles. The molecule has 2 rings (SSSR count). The van der Waals surface area contributed by atoms with Gasteiger partial charge in [-0.1, -0.05) is 13.0 Å². The zero-order chi connectivity index (χ0) is 14.9. The van der Waals surface area contributed by atoms with Crippen LogP contribution in [0.5, 0.6) is 0 Å². The molecule has 0 aromatic heterocycles. The molecule has 1 aliphatic rings. The molecule has 0 bridgehead atoms. The van der Waals surface area contributed by atoms with Crippen molar-refractivity contribution in [3.8, 4) is 0 Å². The Morgan fingerprint density at radius 2 is 2.00 bits per heavy atom. The maximum atomic E-state index is 12.3. The van der Waals surface area contributed by atoms with Crippen molar-refractivity contribution in [1.82, 2.24) is 4.72 Å². The van der Waals surface area contributed by atoms with Crippen LogP contribution in [0.1, 0.15) is 19.8 Å². The number of benzene rings is 1. The zero-order valence-corrected chi connectivity index (χ0v) is 12.1. The monoisotopic (exact) mass is 299 g/mol. The molecule has 0 aliphatic heterocycles. The number of nitrogens with one attached hydrogen (secondary N) is 2. The van der Waals surface area contributed by atoms with Gasteiger partial charge in [0.05, 0.1) is 4.92 Å². The van der Waals surface area contributed by atoms with E-state index in [0.29, 0.717) is 5.92 Å². The average Bonchev–Trinajstić information content (AvgIpc) is 2.35. The summed E-state index contributed by atoms with van der Waals surface area (Å²) in [6, 6.07) is 4.08. The van der Waals surface area contributed by atoms with Crippen LogP contribution >= 0.6 is 0 Å². The highest BCUT2D eigenvalue weighted by atomic mass is 32.2. The predicted octanol–water partition coefficient (Wildman–Crippen LogP) is 1.71. The van der Waals surface area contributed by atoms with Crippen LogP contribution in [0.15, 0.2) is 23.1 Å². The normalized spacial score (nSPS) is 22.1. The molecule has 0 amide bonds. The first-order chi connectivity index (χ1) is 9.35. The Hall–Kier alpha value is -1.67. The van der Waals surface area contributed by atoms with Gasteiger partial charge in [-0.2, -0.15) is 0 Å². The third-order valence-electron chi connectivity index (χ3n) is 3.44. The van der Waals surface area contributed by atoms with Crippen LogP contribution in [0.3, 0.4) is 0 Å². The first kappa shape index (κ1) is 14.7. The molecule has 0 radical (unpaired) electrons. The average molecular weight is 299 g/mol. The molecule has 0 heterocycles. The van der Waals surface area contributed by atoms with E-state index in [4.69, 9.17) is 0 Å². The molecule has 0 unspecified atom stereocenters. The van der Waals surface area contributed by atoms with Crippen LogP contribution in [0, 0.1) is 16.0 Å². The quantitative estimate of drug-likeness (QED) is 0.636. The van der Waals surface area contributed by atoms with Crippen molar-refractivity contribution in [2.45, 2.75) is 30.7 Å². The second-order valence-electron chi connectivity index (χ2n) is 5.05. The summed E-state index contributed by atoms with van der Waals surface area (Å²) in [6.07, 6.45) is 1.53. The lowest BCUT2D eigenvalue weighted by atomic mass is 9.83. The SMILES string of the molecule is CNc1cccc(S(=O)(=O)NC2CC(C)C2)c1[N+](=O)[O-]. The molecule has 1 aliphatic carbocycles. The van der Waals surface area contributed by atoms with Crippen LogP contribution in [0.2, 0.25) is 0 Å². The highest BCUT2D eigenvalue weighted by Crippen LogP contribution is 2.33. The van der Waals surface area contributed by atoms with Crippen molar-refractivity contribution in [1.29, 1.82) is 0 Å². The number of hydrogen-bond acceptors (Lipinski definition) is 5. The molecule has 1 aromatic rings. The van der Waals surface area contributed by atoms with Crippen molar-refractivity contribution in [3.05, 3.63) is 28.3 Å². The smallest absolute Gasteiger partial charge is 0.312 e. The Morgan fingerprint density at radius 1 is 1.35 bits per heavy atom.